The van der Waals surface area contributed by atoms with Crippen molar-refractivity contribution in [2.24, 2.45) is 0 Å². The van der Waals surface area contributed by atoms with E-state index in [1.54, 1.807) is 6.92 Å². The number of carbonyl (C=O) groups is 1. The number of rotatable bonds is 4. The fraction of sp³-hybridized carbons (Fsp3) is 0.235. The second-order valence-corrected chi connectivity index (χ2v) is 6.70. The summed E-state index contributed by atoms with van der Waals surface area (Å²) in [6.07, 6.45) is 0. The third-order valence-electron chi connectivity index (χ3n) is 3.72. The van der Waals surface area contributed by atoms with Gasteiger partial charge >= 0.3 is 0 Å². The van der Waals surface area contributed by atoms with E-state index < -0.39 is 0 Å². The zero-order valence-electron chi connectivity index (χ0n) is 13.5. The van der Waals surface area contributed by atoms with Gasteiger partial charge in [-0.3, -0.25) is 14.0 Å². The number of imidazole rings is 1. The summed E-state index contributed by atoms with van der Waals surface area (Å²) in [6.45, 7) is 3.68. The van der Waals surface area contributed by atoms with Crippen molar-refractivity contribution >= 4 is 34.3 Å². The SMILES string of the molecule is CONC(=O)[C@@H](C)Sc1cc(C)c(C#N)c2nc3ccccc3n12. The summed E-state index contributed by atoms with van der Waals surface area (Å²) in [7, 11) is 1.41. The summed E-state index contributed by atoms with van der Waals surface area (Å²) >= 11 is 1.40. The molecule has 0 aliphatic rings. The van der Waals surface area contributed by atoms with Crippen molar-refractivity contribution in [3.63, 3.8) is 0 Å². The average molecular weight is 340 g/mol. The topological polar surface area (TPSA) is 79.4 Å². The lowest BCUT2D eigenvalue weighted by Crippen LogP contribution is -2.30. The highest BCUT2D eigenvalue weighted by molar-refractivity contribution is 8.00. The highest BCUT2D eigenvalue weighted by atomic mass is 32.2. The molecule has 3 aromatic rings. The molecule has 0 saturated heterocycles. The van der Waals surface area contributed by atoms with Crippen LogP contribution in [0.4, 0.5) is 0 Å². The number of nitrogens with one attached hydrogen (secondary N) is 1. The van der Waals surface area contributed by atoms with Crippen LogP contribution in [-0.2, 0) is 9.63 Å². The molecule has 2 heterocycles. The lowest BCUT2D eigenvalue weighted by molar-refractivity contribution is -0.130. The first kappa shape index (κ1) is 16.3. The first-order valence-corrected chi connectivity index (χ1v) is 8.25. The van der Waals surface area contributed by atoms with Crippen molar-refractivity contribution in [3.05, 3.63) is 41.5 Å². The Bertz CT molecular complexity index is 974. The maximum atomic E-state index is 12.0. The third kappa shape index (κ3) is 2.70. The molecule has 1 amide bonds. The second kappa shape index (κ2) is 6.51. The predicted molar refractivity (Wildman–Crippen MR) is 92.6 cm³/mol. The van der Waals surface area contributed by atoms with E-state index in [2.05, 4.69) is 16.5 Å². The van der Waals surface area contributed by atoms with Crippen LogP contribution in [0.3, 0.4) is 0 Å². The van der Waals surface area contributed by atoms with Gasteiger partial charge in [-0.1, -0.05) is 23.9 Å². The predicted octanol–water partition coefficient (Wildman–Crippen LogP) is 2.83. The fourth-order valence-electron chi connectivity index (χ4n) is 2.56. The quantitative estimate of drug-likeness (QED) is 0.583. The van der Waals surface area contributed by atoms with Gasteiger partial charge in [0.2, 0.25) is 0 Å². The molecule has 0 aliphatic heterocycles. The summed E-state index contributed by atoms with van der Waals surface area (Å²) in [4.78, 5) is 21.2. The number of nitriles is 1. The molecule has 1 N–H and O–H groups in total. The number of para-hydroxylation sites is 2. The van der Waals surface area contributed by atoms with Crippen LogP contribution in [0.25, 0.3) is 16.7 Å². The number of hydrogen-bond donors (Lipinski definition) is 1. The van der Waals surface area contributed by atoms with E-state index in [0.717, 1.165) is 21.6 Å². The van der Waals surface area contributed by atoms with Crippen LogP contribution in [-0.4, -0.2) is 27.7 Å². The first-order valence-electron chi connectivity index (χ1n) is 7.37. The van der Waals surface area contributed by atoms with Crippen LogP contribution >= 0.6 is 11.8 Å². The van der Waals surface area contributed by atoms with E-state index in [9.17, 15) is 10.1 Å². The Morgan fingerprint density at radius 3 is 2.92 bits per heavy atom. The minimum atomic E-state index is -0.360. The molecule has 1 aromatic carbocycles. The van der Waals surface area contributed by atoms with Gasteiger partial charge in [-0.15, -0.1) is 0 Å². The van der Waals surface area contributed by atoms with Crippen molar-refractivity contribution in [2.45, 2.75) is 24.1 Å². The zero-order chi connectivity index (χ0) is 17.3. The number of benzene rings is 1. The molecule has 0 aliphatic carbocycles. The number of hydroxylamine groups is 1. The summed E-state index contributed by atoms with van der Waals surface area (Å²) in [5.74, 6) is -0.220. The van der Waals surface area contributed by atoms with E-state index in [1.165, 1.54) is 18.9 Å². The van der Waals surface area contributed by atoms with Crippen molar-refractivity contribution in [1.29, 1.82) is 5.26 Å². The van der Waals surface area contributed by atoms with Crippen LogP contribution in [0, 0.1) is 18.3 Å². The van der Waals surface area contributed by atoms with Gasteiger partial charge in [-0.2, -0.15) is 5.26 Å². The van der Waals surface area contributed by atoms with Gasteiger partial charge in [0, 0.05) is 0 Å². The molecule has 7 heteroatoms. The Kier molecular flexibility index (Phi) is 4.42. The molecule has 122 valence electrons. The van der Waals surface area contributed by atoms with Crippen LogP contribution in [0.1, 0.15) is 18.1 Å². The van der Waals surface area contributed by atoms with E-state index in [0.29, 0.717) is 11.2 Å². The van der Waals surface area contributed by atoms with Gasteiger partial charge < -0.3 is 0 Å². The number of carbonyl (C=O) groups excluding carboxylic acids is 1. The van der Waals surface area contributed by atoms with Crippen molar-refractivity contribution in [1.82, 2.24) is 14.9 Å². The van der Waals surface area contributed by atoms with Crippen LogP contribution < -0.4 is 5.48 Å². The van der Waals surface area contributed by atoms with Crippen molar-refractivity contribution < 1.29 is 9.63 Å². The monoisotopic (exact) mass is 340 g/mol. The third-order valence-corrected chi connectivity index (χ3v) is 4.83. The van der Waals surface area contributed by atoms with Gasteiger partial charge in [0.25, 0.3) is 5.91 Å². The minimum absolute atomic E-state index is 0.220. The summed E-state index contributed by atoms with van der Waals surface area (Å²) < 4.78 is 1.93. The van der Waals surface area contributed by atoms with Crippen LogP contribution in [0.15, 0.2) is 35.4 Å². The molecule has 0 unspecified atom stereocenters. The lowest BCUT2D eigenvalue weighted by Gasteiger charge is -2.14. The Morgan fingerprint density at radius 1 is 1.46 bits per heavy atom. The highest BCUT2D eigenvalue weighted by Gasteiger charge is 2.20. The van der Waals surface area contributed by atoms with E-state index >= 15 is 0 Å². The van der Waals surface area contributed by atoms with E-state index in [1.807, 2.05) is 41.7 Å². The maximum Gasteiger partial charge on any atom is 0.256 e. The number of pyridine rings is 1. The molecule has 6 nitrogen and oxygen atoms in total. The van der Waals surface area contributed by atoms with Gasteiger partial charge in [0.1, 0.15) is 6.07 Å². The Labute approximate surface area is 143 Å². The van der Waals surface area contributed by atoms with E-state index in [4.69, 9.17) is 4.84 Å². The van der Waals surface area contributed by atoms with Crippen LogP contribution in [0.2, 0.25) is 0 Å². The summed E-state index contributed by atoms with van der Waals surface area (Å²) in [5.41, 5.74) is 6.06. The fourth-order valence-corrected chi connectivity index (χ4v) is 3.61. The van der Waals surface area contributed by atoms with Gasteiger partial charge in [-0.25, -0.2) is 10.5 Å². The Hall–Kier alpha value is -2.56. The minimum Gasteiger partial charge on any atom is -0.286 e. The van der Waals surface area contributed by atoms with Crippen molar-refractivity contribution in [3.8, 4) is 6.07 Å². The molecule has 2 aromatic heterocycles. The molecule has 1 atom stereocenters. The van der Waals surface area contributed by atoms with Gasteiger partial charge in [0.05, 0.1) is 34.0 Å². The number of aromatic nitrogens is 2. The molecule has 0 spiro atoms. The number of nitrogens with zero attached hydrogens (tertiary/aromatic N) is 3. The van der Waals surface area contributed by atoms with Crippen LogP contribution in [0.5, 0.6) is 0 Å². The van der Waals surface area contributed by atoms with Crippen molar-refractivity contribution in [2.75, 3.05) is 7.11 Å². The Morgan fingerprint density at radius 2 is 2.21 bits per heavy atom. The lowest BCUT2D eigenvalue weighted by atomic mass is 10.2. The molecule has 3 rings (SSSR count). The highest BCUT2D eigenvalue weighted by Crippen LogP contribution is 2.31. The number of hydrogen-bond acceptors (Lipinski definition) is 5. The molecule has 0 bridgehead atoms. The summed E-state index contributed by atoms with van der Waals surface area (Å²) in [5, 5.41) is 9.98. The largest absolute Gasteiger partial charge is 0.286 e. The normalized spacial score (nSPS) is 12.2. The molecular formula is C17H16N4O2S. The molecule has 0 radical (unpaired) electrons. The number of amides is 1. The van der Waals surface area contributed by atoms with Gasteiger partial charge in [-0.05, 0) is 37.6 Å². The number of thioether (sulfide) groups is 1. The molecular weight excluding hydrogens is 324 g/mol. The average Bonchev–Trinajstić information content (AvgIpc) is 2.94. The standard InChI is InChI=1S/C17H16N4O2S/c1-10-8-15(24-11(2)17(22)20-23-3)21-14-7-5-4-6-13(14)19-16(21)12(10)9-18/h4-8,11H,1-3H3,(H,20,22)/t11-/m1/s1. The molecule has 0 saturated carbocycles. The molecule has 0 fully saturated rings. The zero-order valence-corrected chi connectivity index (χ0v) is 14.3. The number of aryl methyl sites for hydroxylation is 1. The number of fused-ring (bicyclic) bond motifs is 3. The van der Waals surface area contributed by atoms with E-state index in [-0.39, 0.29) is 11.2 Å². The Balaban J connectivity index is 2.21. The second-order valence-electron chi connectivity index (χ2n) is 5.34. The smallest absolute Gasteiger partial charge is 0.256 e. The van der Waals surface area contributed by atoms with Gasteiger partial charge in [0.15, 0.2) is 5.65 Å². The molecule has 24 heavy (non-hydrogen) atoms. The summed E-state index contributed by atoms with van der Waals surface area (Å²) in [6, 6.07) is 11.9. The maximum absolute atomic E-state index is 12.0. The first-order chi connectivity index (χ1) is 11.6.